The van der Waals surface area contributed by atoms with E-state index in [4.69, 9.17) is 15.0 Å². The highest BCUT2D eigenvalue weighted by atomic mass is 14.9. The third kappa shape index (κ3) is 5.89. The minimum absolute atomic E-state index is 0.674. The van der Waals surface area contributed by atoms with E-state index in [2.05, 4.69) is 206 Å². The normalized spacial score (nSPS) is 11.4. The van der Waals surface area contributed by atoms with Crippen molar-refractivity contribution < 1.29 is 0 Å². The third-order valence-electron chi connectivity index (χ3n) is 11.2. The Hall–Kier alpha value is -7.75. The number of fused-ring (bicyclic) bond motifs is 8. The summed E-state index contributed by atoms with van der Waals surface area (Å²) >= 11 is 0. The molecule has 0 amide bonds. The van der Waals surface area contributed by atoms with Gasteiger partial charge in [-0.3, -0.25) is 0 Å². The van der Waals surface area contributed by atoms with Gasteiger partial charge in [0.2, 0.25) is 0 Å². The average molecular weight is 738 g/mol. The van der Waals surface area contributed by atoms with Crippen LogP contribution in [0.5, 0.6) is 0 Å². The number of pyridine rings is 1. The lowest BCUT2D eigenvalue weighted by Gasteiger charge is -2.17. The summed E-state index contributed by atoms with van der Waals surface area (Å²) in [6.45, 7) is 0. The number of benzene rings is 9. The van der Waals surface area contributed by atoms with E-state index >= 15 is 0 Å². The molecule has 0 fully saturated rings. The molecule has 0 aliphatic carbocycles. The highest BCUT2D eigenvalue weighted by Gasteiger charge is 2.19. The van der Waals surface area contributed by atoms with Gasteiger partial charge in [-0.25, -0.2) is 15.0 Å². The van der Waals surface area contributed by atoms with Crippen molar-refractivity contribution in [2.45, 2.75) is 0 Å². The molecule has 0 N–H and O–H groups in total. The zero-order chi connectivity index (χ0) is 38.4. The zero-order valence-corrected chi connectivity index (χ0v) is 31.5. The van der Waals surface area contributed by atoms with Gasteiger partial charge in [0.1, 0.15) is 0 Å². The van der Waals surface area contributed by atoms with Crippen LogP contribution in [0.15, 0.2) is 212 Å². The van der Waals surface area contributed by atoms with Crippen LogP contribution in [0.1, 0.15) is 0 Å². The molecule has 2 aromatic heterocycles. The summed E-state index contributed by atoms with van der Waals surface area (Å²) in [6, 6.07) is 75.0. The van der Waals surface area contributed by atoms with Gasteiger partial charge < -0.3 is 0 Å². The molecule has 270 valence electrons. The van der Waals surface area contributed by atoms with E-state index in [-0.39, 0.29) is 0 Å². The summed E-state index contributed by atoms with van der Waals surface area (Å²) in [7, 11) is 0. The average Bonchev–Trinajstić information content (AvgIpc) is 3.31. The van der Waals surface area contributed by atoms with E-state index in [9.17, 15) is 0 Å². The molecule has 11 aromatic rings. The lowest BCUT2D eigenvalue weighted by atomic mass is 9.89. The molecule has 58 heavy (non-hydrogen) atoms. The molecule has 0 atom stereocenters. The third-order valence-corrected chi connectivity index (χ3v) is 11.2. The first kappa shape index (κ1) is 33.6. The molecule has 0 unspecified atom stereocenters. The van der Waals surface area contributed by atoms with Gasteiger partial charge in [0.05, 0.1) is 22.6 Å². The minimum Gasteiger partial charge on any atom is -0.247 e. The van der Waals surface area contributed by atoms with Gasteiger partial charge in [0.15, 0.2) is 5.82 Å². The molecular weight excluding hydrogens is 703 g/mol. The molecule has 9 aromatic carbocycles. The van der Waals surface area contributed by atoms with Crippen LogP contribution in [0, 0.1) is 0 Å². The first-order valence-electron chi connectivity index (χ1n) is 19.7. The topological polar surface area (TPSA) is 38.7 Å². The number of hydrogen-bond acceptors (Lipinski definition) is 3. The molecule has 11 rings (SSSR count). The SMILES string of the molecule is c1ccc(-c2cccc(-c3cc(-c4cccc(-c5nc6ccccc6c6c7ccccc7c7ccccc7c56)c4)nc(-c4cccc(-c5ccccc5)c4)n3)c2)cc1. The van der Waals surface area contributed by atoms with Crippen LogP contribution in [0.4, 0.5) is 0 Å². The molecule has 0 radical (unpaired) electrons. The van der Waals surface area contributed by atoms with Crippen molar-refractivity contribution in [1.82, 2.24) is 15.0 Å². The van der Waals surface area contributed by atoms with Crippen LogP contribution < -0.4 is 0 Å². The van der Waals surface area contributed by atoms with Crippen molar-refractivity contribution in [3.8, 4) is 67.4 Å². The van der Waals surface area contributed by atoms with Crippen molar-refractivity contribution in [2.75, 3.05) is 0 Å². The highest BCUT2D eigenvalue weighted by Crippen LogP contribution is 2.43. The van der Waals surface area contributed by atoms with Crippen molar-refractivity contribution in [1.29, 1.82) is 0 Å². The summed E-state index contributed by atoms with van der Waals surface area (Å²) in [5, 5.41) is 8.43. The quantitative estimate of drug-likeness (QED) is 0.160. The largest absolute Gasteiger partial charge is 0.247 e. The lowest BCUT2D eigenvalue weighted by molar-refractivity contribution is 1.18. The van der Waals surface area contributed by atoms with Crippen LogP contribution in [0.25, 0.3) is 111 Å². The summed E-state index contributed by atoms with van der Waals surface area (Å²) in [6.07, 6.45) is 0. The molecule has 0 bridgehead atoms. The Bertz CT molecular complexity index is 3230. The zero-order valence-electron chi connectivity index (χ0n) is 31.5. The maximum absolute atomic E-state index is 5.44. The molecular formula is C55H35N3. The Morgan fingerprint density at radius 3 is 1.26 bits per heavy atom. The van der Waals surface area contributed by atoms with E-state index in [1.54, 1.807) is 0 Å². The molecule has 0 saturated heterocycles. The van der Waals surface area contributed by atoms with Crippen molar-refractivity contribution >= 4 is 43.2 Å². The summed E-state index contributed by atoms with van der Waals surface area (Å²) in [5.41, 5.74) is 12.2. The van der Waals surface area contributed by atoms with Crippen LogP contribution in [-0.2, 0) is 0 Å². The maximum Gasteiger partial charge on any atom is 0.160 e. The van der Waals surface area contributed by atoms with Gasteiger partial charge >= 0.3 is 0 Å². The Balaban J connectivity index is 1.13. The molecule has 2 heterocycles. The van der Waals surface area contributed by atoms with E-state index in [0.717, 1.165) is 77.9 Å². The van der Waals surface area contributed by atoms with E-state index in [1.807, 2.05) is 6.07 Å². The smallest absolute Gasteiger partial charge is 0.160 e. The number of rotatable bonds is 6. The fourth-order valence-electron chi connectivity index (χ4n) is 8.49. The molecule has 0 saturated carbocycles. The van der Waals surface area contributed by atoms with Crippen LogP contribution in [-0.4, -0.2) is 15.0 Å². The maximum atomic E-state index is 5.44. The molecule has 0 aliphatic heterocycles. The van der Waals surface area contributed by atoms with Gasteiger partial charge in [-0.15, -0.1) is 0 Å². The number of aromatic nitrogens is 3. The minimum atomic E-state index is 0.674. The van der Waals surface area contributed by atoms with Gasteiger partial charge in [-0.2, -0.15) is 0 Å². The van der Waals surface area contributed by atoms with Crippen LogP contribution in [0.2, 0.25) is 0 Å². The van der Waals surface area contributed by atoms with E-state index in [1.165, 1.54) is 26.9 Å². The second-order valence-corrected chi connectivity index (χ2v) is 14.8. The Labute approximate surface area is 336 Å². The van der Waals surface area contributed by atoms with Crippen molar-refractivity contribution in [2.24, 2.45) is 0 Å². The Morgan fingerprint density at radius 2 is 0.655 bits per heavy atom. The van der Waals surface area contributed by atoms with E-state index in [0.29, 0.717) is 5.82 Å². The molecule has 3 heteroatoms. The number of hydrogen-bond donors (Lipinski definition) is 0. The Kier molecular flexibility index (Phi) is 8.15. The summed E-state index contributed by atoms with van der Waals surface area (Å²) in [4.78, 5) is 16.0. The van der Waals surface area contributed by atoms with Gasteiger partial charge in [0.25, 0.3) is 0 Å². The Morgan fingerprint density at radius 1 is 0.241 bits per heavy atom. The summed E-state index contributed by atoms with van der Waals surface area (Å²) < 4.78 is 0. The number of nitrogens with zero attached hydrogens (tertiary/aromatic N) is 3. The predicted molar refractivity (Wildman–Crippen MR) is 242 cm³/mol. The molecule has 0 spiro atoms. The van der Waals surface area contributed by atoms with Crippen LogP contribution >= 0.6 is 0 Å². The highest BCUT2D eigenvalue weighted by molar-refractivity contribution is 6.33. The number of para-hydroxylation sites is 1. The lowest BCUT2D eigenvalue weighted by Crippen LogP contribution is -1.97. The second kappa shape index (κ2) is 14.1. The fourth-order valence-corrected chi connectivity index (χ4v) is 8.49. The van der Waals surface area contributed by atoms with Gasteiger partial charge in [0, 0.05) is 38.4 Å². The predicted octanol–water partition coefficient (Wildman–Crippen LogP) is 14.5. The van der Waals surface area contributed by atoms with Gasteiger partial charge in [-0.05, 0) is 74.1 Å². The van der Waals surface area contributed by atoms with Crippen molar-refractivity contribution in [3.63, 3.8) is 0 Å². The van der Waals surface area contributed by atoms with Gasteiger partial charge in [-0.1, -0.05) is 182 Å². The fraction of sp³-hybridized carbons (Fsp3) is 0. The molecule has 0 aliphatic rings. The molecule has 3 nitrogen and oxygen atoms in total. The van der Waals surface area contributed by atoms with Crippen molar-refractivity contribution in [3.05, 3.63) is 212 Å². The summed E-state index contributed by atoms with van der Waals surface area (Å²) in [5.74, 6) is 0.674. The second-order valence-electron chi connectivity index (χ2n) is 14.8. The standard InChI is InChI=1S/C55H35N3/c1-3-16-36(17-4-1)38-20-13-22-40(32-38)50-35-51(58-55(57-50)43-25-14-21-39(33-43)37-18-5-2-6-19-37)41-23-15-24-42(34-41)54-53-47-29-10-8-27-45(47)44-26-7-9-28-46(44)52(53)48-30-11-12-31-49(48)56-54/h1-35H. The monoisotopic (exact) mass is 737 g/mol. The first-order valence-corrected chi connectivity index (χ1v) is 19.7. The van der Waals surface area contributed by atoms with E-state index < -0.39 is 0 Å². The first-order chi connectivity index (χ1) is 28.7. The van der Waals surface area contributed by atoms with Crippen LogP contribution in [0.3, 0.4) is 0 Å².